The van der Waals surface area contributed by atoms with Crippen LogP contribution in [0.15, 0.2) is 23.1 Å². The van der Waals surface area contributed by atoms with Crippen LogP contribution in [0.2, 0.25) is 0 Å². The van der Waals surface area contributed by atoms with Crippen LogP contribution in [0.1, 0.15) is 32.1 Å². The number of benzene rings is 1. The van der Waals surface area contributed by atoms with Gasteiger partial charge in [0.05, 0.1) is 16.5 Å². The van der Waals surface area contributed by atoms with Crippen molar-refractivity contribution in [2.24, 2.45) is 5.92 Å². The number of nitrogens with zero attached hydrogens (tertiary/aromatic N) is 3. The van der Waals surface area contributed by atoms with Crippen molar-refractivity contribution in [2.45, 2.75) is 43.0 Å². The Hall–Kier alpha value is -2.66. The average molecular weight is 477 g/mol. The molecule has 0 aromatic heterocycles. The highest BCUT2D eigenvalue weighted by Crippen LogP contribution is 2.32. The highest BCUT2D eigenvalue weighted by Gasteiger charge is 2.41. The molecule has 1 unspecified atom stereocenters. The maximum Gasteiger partial charge on any atom is 0.262 e. The van der Waals surface area contributed by atoms with Gasteiger partial charge in [-0.25, -0.2) is 8.42 Å². The predicted octanol–water partition coefficient (Wildman–Crippen LogP) is 0.642. The normalized spacial score (nSPS) is 24.5. The molecule has 5 rings (SSSR count). The third-order valence-electron chi connectivity index (χ3n) is 7.05. The van der Waals surface area contributed by atoms with Crippen LogP contribution < -0.4 is 10.1 Å². The van der Waals surface area contributed by atoms with Gasteiger partial charge in [-0.05, 0) is 31.0 Å². The number of piperazine rings is 1. The molecule has 1 atom stereocenters. The first-order valence-corrected chi connectivity index (χ1v) is 12.9. The summed E-state index contributed by atoms with van der Waals surface area (Å²) in [5.74, 6) is -0.243. The minimum Gasteiger partial charge on any atom is -0.482 e. The number of sulfonamides is 1. The van der Waals surface area contributed by atoms with Gasteiger partial charge in [0, 0.05) is 45.2 Å². The Morgan fingerprint density at radius 3 is 2.52 bits per heavy atom. The zero-order valence-corrected chi connectivity index (χ0v) is 19.2. The van der Waals surface area contributed by atoms with Crippen LogP contribution in [0.4, 0.5) is 5.69 Å². The van der Waals surface area contributed by atoms with Crippen LogP contribution >= 0.6 is 0 Å². The molecule has 1 aromatic carbocycles. The van der Waals surface area contributed by atoms with Crippen LogP contribution in [-0.2, 0) is 24.4 Å². The molecule has 4 aliphatic rings. The number of amides is 3. The van der Waals surface area contributed by atoms with Crippen LogP contribution in [0.3, 0.4) is 0 Å². The van der Waals surface area contributed by atoms with Crippen molar-refractivity contribution >= 4 is 33.4 Å². The van der Waals surface area contributed by atoms with E-state index in [1.54, 1.807) is 4.90 Å². The van der Waals surface area contributed by atoms with E-state index >= 15 is 0 Å². The Labute approximate surface area is 192 Å². The molecular weight excluding hydrogens is 448 g/mol. The molecule has 0 spiro atoms. The van der Waals surface area contributed by atoms with Gasteiger partial charge in [0.25, 0.3) is 5.91 Å². The van der Waals surface area contributed by atoms with Gasteiger partial charge < -0.3 is 19.9 Å². The smallest absolute Gasteiger partial charge is 0.262 e. The molecule has 1 saturated carbocycles. The lowest BCUT2D eigenvalue weighted by Gasteiger charge is -2.35. The molecule has 1 aliphatic carbocycles. The molecule has 1 aromatic rings. The molecule has 11 heteroatoms. The number of hydrogen-bond donors (Lipinski definition) is 1. The van der Waals surface area contributed by atoms with Crippen LogP contribution in [-0.4, -0.2) is 85.6 Å². The van der Waals surface area contributed by atoms with Gasteiger partial charge in [-0.15, -0.1) is 0 Å². The number of likely N-dealkylation sites (tertiary alicyclic amines) is 1. The van der Waals surface area contributed by atoms with Crippen LogP contribution in [0.25, 0.3) is 0 Å². The monoisotopic (exact) mass is 476 g/mol. The lowest BCUT2D eigenvalue weighted by molar-refractivity contribution is -0.137. The van der Waals surface area contributed by atoms with Crippen LogP contribution in [0.5, 0.6) is 5.75 Å². The zero-order valence-electron chi connectivity index (χ0n) is 18.4. The average Bonchev–Trinajstić information content (AvgIpc) is 3.48. The van der Waals surface area contributed by atoms with Crippen molar-refractivity contribution < 1.29 is 27.5 Å². The Kier molecular flexibility index (Phi) is 5.77. The van der Waals surface area contributed by atoms with Crippen molar-refractivity contribution in [2.75, 3.05) is 44.6 Å². The minimum atomic E-state index is -3.78. The van der Waals surface area contributed by atoms with Crippen molar-refractivity contribution in [3.8, 4) is 5.75 Å². The summed E-state index contributed by atoms with van der Waals surface area (Å²) in [5.41, 5.74) is 0.332. The standard InChI is InChI=1S/C22H28N4O6S/c27-20-14-32-19-6-5-17(12-18(19)23-20)33(30,31)25-9-7-24(8-10-25)22(29)15-11-21(28)26(13-15)16-3-1-2-4-16/h5-6,12,15-16H,1-4,7-11,13-14H2,(H,23,27). The van der Waals surface area contributed by atoms with E-state index < -0.39 is 10.0 Å². The van der Waals surface area contributed by atoms with E-state index in [1.165, 1.54) is 22.5 Å². The number of hydrogen-bond acceptors (Lipinski definition) is 6. The quantitative estimate of drug-likeness (QED) is 0.682. The Bertz CT molecular complexity index is 1080. The molecule has 3 fully saturated rings. The second-order valence-electron chi connectivity index (χ2n) is 9.11. The van der Waals surface area contributed by atoms with Crippen molar-refractivity contribution in [3.05, 3.63) is 18.2 Å². The maximum absolute atomic E-state index is 13.1. The van der Waals surface area contributed by atoms with E-state index in [-0.39, 0.29) is 73.8 Å². The second-order valence-corrected chi connectivity index (χ2v) is 11.0. The molecule has 10 nitrogen and oxygen atoms in total. The van der Waals surface area contributed by atoms with Crippen molar-refractivity contribution in [1.29, 1.82) is 0 Å². The number of carbonyl (C=O) groups is 3. The van der Waals surface area contributed by atoms with E-state index in [2.05, 4.69) is 5.32 Å². The number of anilines is 1. The highest BCUT2D eigenvalue weighted by atomic mass is 32.2. The van der Waals surface area contributed by atoms with Gasteiger partial charge in [0.1, 0.15) is 5.75 Å². The van der Waals surface area contributed by atoms with Gasteiger partial charge in [0.2, 0.25) is 21.8 Å². The van der Waals surface area contributed by atoms with Gasteiger partial charge in [0.15, 0.2) is 6.61 Å². The molecule has 3 amide bonds. The molecule has 2 saturated heterocycles. The number of rotatable bonds is 4. The van der Waals surface area contributed by atoms with E-state index in [9.17, 15) is 22.8 Å². The SMILES string of the molecule is O=C1COc2ccc(S(=O)(=O)N3CCN(C(=O)C4CC(=O)N(C5CCCC5)C4)CC3)cc2N1. The number of ether oxygens (including phenoxy) is 1. The van der Waals surface area contributed by atoms with Crippen molar-refractivity contribution in [3.63, 3.8) is 0 Å². The number of nitrogens with one attached hydrogen (secondary N) is 1. The molecule has 3 aliphatic heterocycles. The first-order chi connectivity index (χ1) is 15.8. The topological polar surface area (TPSA) is 116 Å². The summed E-state index contributed by atoms with van der Waals surface area (Å²) in [4.78, 5) is 40.7. The van der Waals surface area contributed by atoms with Gasteiger partial charge in [-0.3, -0.25) is 14.4 Å². The van der Waals surface area contributed by atoms with Crippen molar-refractivity contribution in [1.82, 2.24) is 14.1 Å². The van der Waals surface area contributed by atoms with Gasteiger partial charge in [-0.1, -0.05) is 12.8 Å². The lowest BCUT2D eigenvalue weighted by atomic mass is 10.1. The number of fused-ring (bicyclic) bond motifs is 1. The lowest BCUT2D eigenvalue weighted by Crippen LogP contribution is -2.52. The molecule has 0 bridgehead atoms. The summed E-state index contributed by atoms with van der Waals surface area (Å²) in [6.07, 6.45) is 4.54. The minimum absolute atomic E-state index is 0.0601. The van der Waals surface area contributed by atoms with Gasteiger partial charge in [-0.2, -0.15) is 4.31 Å². The van der Waals surface area contributed by atoms with Crippen LogP contribution in [0, 0.1) is 5.92 Å². The molecular formula is C22H28N4O6S. The fraction of sp³-hybridized carbons (Fsp3) is 0.591. The Balaban J connectivity index is 1.21. The summed E-state index contributed by atoms with van der Waals surface area (Å²) in [7, 11) is -3.78. The summed E-state index contributed by atoms with van der Waals surface area (Å²) < 4.78 is 32.9. The largest absolute Gasteiger partial charge is 0.482 e. The summed E-state index contributed by atoms with van der Waals surface area (Å²) >= 11 is 0. The summed E-state index contributed by atoms with van der Waals surface area (Å²) in [5, 5.41) is 2.62. The second kappa shape index (κ2) is 8.60. The fourth-order valence-corrected chi connectivity index (χ4v) is 6.69. The third kappa shape index (κ3) is 4.19. The molecule has 3 heterocycles. The molecule has 1 N–H and O–H groups in total. The molecule has 33 heavy (non-hydrogen) atoms. The number of carbonyl (C=O) groups excluding carboxylic acids is 3. The van der Waals surface area contributed by atoms with Gasteiger partial charge >= 0.3 is 0 Å². The zero-order chi connectivity index (χ0) is 23.2. The third-order valence-corrected chi connectivity index (χ3v) is 8.94. The first-order valence-electron chi connectivity index (χ1n) is 11.5. The highest BCUT2D eigenvalue weighted by molar-refractivity contribution is 7.89. The van der Waals surface area contributed by atoms with E-state index in [0.29, 0.717) is 18.0 Å². The van der Waals surface area contributed by atoms with E-state index in [4.69, 9.17) is 4.74 Å². The first kappa shape index (κ1) is 22.1. The summed E-state index contributed by atoms with van der Waals surface area (Å²) in [6, 6.07) is 4.67. The Morgan fingerprint density at radius 1 is 1.06 bits per heavy atom. The molecule has 178 valence electrons. The summed E-state index contributed by atoms with van der Waals surface area (Å²) in [6.45, 7) is 1.32. The fourth-order valence-electron chi connectivity index (χ4n) is 5.24. The van der Waals surface area contributed by atoms with E-state index in [0.717, 1.165) is 25.7 Å². The van der Waals surface area contributed by atoms with E-state index in [1.807, 2.05) is 4.90 Å². The maximum atomic E-state index is 13.1. The molecule has 0 radical (unpaired) electrons. The Morgan fingerprint density at radius 2 is 1.79 bits per heavy atom. The predicted molar refractivity (Wildman–Crippen MR) is 118 cm³/mol.